The molecule has 0 saturated carbocycles. The zero-order valence-corrected chi connectivity index (χ0v) is 13.0. The highest BCUT2D eigenvalue weighted by atomic mass is 32.2. The summed E-state index contributed by atoms with van der Waals surface area (Å²) in [4.78, 5) is 26.0. The summed E-state index contributed by atoms with van der Waals surface area (Å²) >= 11 is 1.58. The van der Waals surface area contributed by atoms with Crippen LogP contribution in [-0.4, -0.2) is 40.9 Å². The van der Waals surface area contributed by atoms with Gasteiger partial charge in [0.15, 0.2) is 5.43 Å². The number of rotatable bonds is 1. The Labute approximate surface area is 137 Å². The van der Waals surface area contributed by atoms with Crippen molar-refractivity contribution in [1.82, 2.24) is 9.58 Å². The molecule has 1 aromatic heterocycles. The number of carbonyl (C=O) groups is 1. The lowest BCUT2D eigenvalue weighted by atomic mass is 10.0. The quantitative estimate of drug-likeness (QED) is 0.841. The molecule has 0 aromatic carbocycles. The van der Waals surface area contributed by atoms with Crippen LogP contribution >= 0.6 is 11.8 Å². The molecule has 1 amide bonds. The fourth-order valence-electron chi connectivity index (χ4n) is 2.94. The van der Waals surface area contributed by atoms with Crippen molar-refractivity contribution in [2.45, 2.75) is 12.3 Å². The number of hydrogen-bond donors (Lipinski definition) is 1. The molecule has 0 spiro atoms. The predicted octanol–water partition coefficient (Wildman–Crippen LogP) is 1.27. The van der Waals surface area contributed by atoms with Crippen LogP contribution in [0.2, 0.25) is 0 Å². The third-order valence-corrected chi connectivity index (χ3v) is 4.74. The van der Waals surface area contributed by atoms with E-state index in [-0.39, 0.29) is 23.6 Å². The summed E-state index contributed by atoms with van der Waals surface area (Å²) in [5, 5.41) is 4.02. The molecule has 23 heavy (non-hydrogen) atoms. The van der Waals surface area contributed by atoms with Crippen molar-refractivity contribution in [3.05, 3.63) is 68.9 Å². The van der Waals surface area contributed by atoms with Crippen LogP contribution in [0.5, 0.6) is 0 Å². The Morgan fingerprint density at radius 1 is 1.30 bits per heavy atom. The number of hydrogen-bond acceptors (Lipinski definition) is 5. The molecule has 7 heteroatoms. The first-order valence-corrected chi connectivity index (χ1v) is 8.29. The molecule has 0 radical (unpaired) electrons. The standard InChI is InChI=1S/C16H15N3O3S/c20-12-4-5-19-13(9-12)16(21)18-6-7-22-14(15(18)17-19)11-3-1-2-8-23-10-11/h1-5,8-10,14-15,17H,6-7H2. The first kappa shape index (κ1) is 14.3. The van der Waals surface area contributed by atoms with E-state index < -0.39 is 0 Å². The van der Waals surface area contributed by atoms with E-state index in [4.69, 9.17) is 4.74 Å². The van der Waals surface area contributed by atoms with E-state index in [1.165, 1.54) is 12.1 Å². The summed E-state index contributed by atoms with van der Waals surface area (Å²) in [7, 11) is 0. The van der Waals surface area contributed by atoms with E-state index >= 15 is 0 Å². The van der Waals surface area contributed by atoms with E-state index in [0.29, 0.717) is 18.8 Å². The molecule has 2 atom stereocenters. The highest BCUT2D eigenvalue weighted by Crippen LogP contribution is 2.27. The lowest BCUT2D eigenvalue weighted by Gasteiger charge is -2.45. The van der Waals surface area contributed by atoms with Crippen molar-refractivity contribution in [2.24, 2.45) is 0 Å². The van der Waals surface area contributed by atoms with Crippen LogP contribution in [-0.2, 0) is 4.74 Å². The summed E-state index contributed by atoms with van der Waals surface area (Å²) in [6, 6.07) is 2.79. The minimum atomic E-state index is -0.305. The second kappa shape index (κ2) is 5.75. The number of thioether (sulfide) groups is 1. The number of allylic oxidation sites excluding steroid dienone is 2. The third kappa shape index (κ3) is 2.51. The van der Waals surface area contributed by atoms with Crippen LogP contribution < -0.4 is 10.9 Å². The number of aromatic nitrogens is 1. The molecule has 1 saturated heterocycles. The van der Waals surface area contributed by atoms with Gasteiger partial charge in [-0.3, -0.25) is 14.3 Å². The van der Waals surface area contributed by atoms with Crippen molar-refractivity contribution in [3.8, 4) is 0 Å². The predicted molar refractivity (Wildman–Crippen MR) is 88.6 cm³/mol. The van der Waals surface area contributed by atoms with E-state index in [9.17, 15) is 9.59 Å². The number of nitrogens with one attached hydrogen (secondary N) is 1. The molecule has 2 unspecified atom stereocenters. The summed E-state index contributed by atoms with van der Waals surface area (Å²) in [6.45, 7) is 0.966. The Morgan fingerprint density at radius 2 is 2.22 bits per heavy atom. The van der Waals surface area contributed by atoms with Gasteiger partial charge in [-0.1, -0.05) is 18.2 Å². The minimum Gasteiger partial charge on any atom is -0.367 e. The summed E-state index contributed by atoms with van der Waals surface area (Å²) < 4.78 is 7.55. The topological polar surface area (TPSA) is 63.6 Å². The van der Waals surface area contributed by atoms with Crippen LogP contribution in [0.3, 0.4) is 0 Å². The average molecular weight is 329 g/mol. The lowest BCUT2D eigenvalue weighted by molar-refractivity contribution is -0.0395. The van der Waals surface area contributed by atoms with Gasteiger partial charge in [0, 0.05) is 24.9 Å². The summed E-state index contributed by atoms with van der Waals surface area (Å²) in [5.41, 5.74) is 4.47. The minimum absolute atomic E-state index is 0.149. The van der Waals surface area contributed by atoms with Crippen LogP contribution in [0.15, 0.2) is 57.7 Å². The van der Waals surface area contributed by atoms with Crippen molar-refractivity contribution >= 4 is 17.7 Å². The highest BCUT2D eigenvalue weighted by Gasteiger charge is 2.41. The van der Waals surface area contributed by atoms with Gasteiger partial charge in [-0.15, -0.1) is 11.8 Å². The Kier molecular flexibility index (Phi) is 3.59. The third-order valence-electron chi connectivity index (χ3n) is 4.02. The monoisotopic (exact) mass is 329 g/mol. The van der Waals surface area contributed by atoms with Gasteiger partial charge in [-0.05, 0) is 16.4 Å². The first-order chi connectivity index (χ1) is 11.2. The first-order valence-electron chi connectivity index (χ1n) is 7.34. The molecule has 3 aliphatic heterocycles. The van der Waals surface area contributed by atoms with Crippen LogP contribution in [0.4, 0.5) is 0 Å². The zero-order chi connectivity index (χ0) is 15.8. The molecule has 0 bridgehead atoms. The molecular weight excluding hydrogens is 314 g/mol. The van der Waals surface area contributed by atoms with Gasteiger partial charge in [-0.2, -0.15) is 0 Å². The average Bonchev–Trinajstić information content (AvgIpc) is 2.85. The maximum absolute atomic E-state index is 12.7. The van der Waals surface area contributed by atoms with Gasteiger partial charge in [0.25, 0.3) is 5.91 Å². The summed E-state index contributed by atoms with van der Waals surface area (Å²) in [6.07, 6.45) is 6.95. The largest absolute Gasteiger partial charge is 0.367 e. The molecule has 1 N–H and O–H groups in total. The zero-order valence-electron chi connectivity index (χ0n) is 12.2. The van der Waals surface area contributed by atoms with E-state index in [1.54, 1.807) is 27.5 Å². The number of pyridine rings is 1. The number of ether oxygens (including phenoxy) is 1. The number of amides is 1. The van der Waals surface area contributed by atoms with Gasteiger partial charge >= 0.3 is 0 Å². The van der Waals surface area contributed by atoms with E-state index in [2.05, 4.69) is 5.43 Å². The molecular formula is C16H15N3O3S. The highest BCUT2D eigenvalue weighted by molar-refractivity contribution is 8.04. The van der Waals surface area contributed by atoms with Gasteiger partial charge in [-0.25, -0.2) is 0 Å². The fraction of sp³-hybridized carbons (Fsp3) is 0.250. The SMILES string of the molecule is O=C1c2cc(=O)ccn2NC2C(C3=CSC=CC=C3)OCCN12. The van der Waals surface area contributed by atoms with E-state index in [0.717, 1.165) is 5.57 Å². The van der Waals surface area contributed by atoms with Crippen molar-refractivity contribution < 1.29 is 9.53 Å². The Balaban J connectivity index is 1.71. The van der Waals surface area contributed by atoms with Gasteiger partial charge in [0.05, 0.1) is 6.61 Å². The normalized spacial score (nSPS) is 26.0. The second-order valence-corrected chi connectivity index (χ2v) is 6.20. The van der Waals surface area contributed by atoms with E-state index in [1.807, 2.05) is 29.0 Å². The van der Waals surface area contributed by atoms with Gasteiger partial charge in [0.1, 0.15) is 18.0 Å². The second-order valence-electron chi connectivity index (χ2n) is 5.42. The number of fused-ring (bicyclic) bond motifs is 2. The maximum atomic E-state index is 12.7. The van der Waals surface area contributed by atoms with Gasteiger partial charge < -0.3 is 15.1 Å². The Bertz CT molecular complexity index is 796. The Morgan fingerprint density at radius 3 is 3.13 bits per heavy atom. The molecule has 118 valence electrons. The van der Waals surface area contributed by atoms with Crippen LogP contribution in [0.25, 0.3) is 0 Å². The Hall–Kier alpha value is -2.25. The van der Waals surface area contributed by atoms with Crippen molar-refractivity contribution in [3.63, 3.8) is 0 Å². The van der Waals surface area contributed by atoms with Crippen molar-refractivity contribution in [2.75, 3.05) is 18.6 Å². The number of carbonyl (C=O) groups excluding carboxylic acids is 1. The van der Waals surface area contributed by atoms with Gasteiger partial charge in [0.2, 0.25) is 0 Å². The van der Waals surface area contributed by atoms with Crippen LogP contribution in [0, 0.1) is 0 Å². The molecule has 6 nitrogen and oxygen atoms in total. The lowest BCUT2D eigenvalue weighted by Crippen LogP contribution is -2.63. The molecule has 4 heterocycles. The molecule has 3 aliphatic rings. The molecule has 0 aliphatic carbocycles. The number of nitrogens with zero attached hydrogens (tertiary/aromatic N) is 2. The maximum Gasteiger partial charge on any atom is 0.274 e. The van der Waals surface area contributed by atoms with Crippen LogP contribution in [0.1, 0.15) is 10.5 Å². The molecule has 1 fully saturated rings. The smallest absolute Gasteiger partial charge is 0.274 e. The molecule has 1 aromatic rings. The fourth-order valence-corrected chi connectivity index (χ4v) is 3.57. The molecule has 4 rings (SSSR count). The summed E-state index contributed by atoms with van der Waals surface area (Å²) in [5.74, 6) is -0.149. The number of morpholine rings is 1. The van der Waals surface area contributed by atoms with Crippen molar-refractivity contribution in [1.29, 1.82) is 0 Å².